The first-order valence-corrected chi connectivity index (χ1v) is 7.85. The number of likely N-dealkylation sites (N-methyl/N-ethyl adjacent to an activating group) is 1. The van der Waals surface area contributed by atoms with Crippen LogP contribution in [-0.2, 0) is 4.74 Å². The number of benzene rings is 1. The van der Waals surface area contributed by atoms with Crippen molar-refractivity contribution in [3.8, 4) is 0 Å². The summed E-state index contributed by atoms with van der Waals surface area (Å²) >= 11 is 9.40. The van der Waals surface area contributed by atoms with E-state index in [4.69, 9.17) is 16.3 Å². The van der Waals surface area contributed by atoms with Gasteiger partial charge in [0.15, 0.2) is 5.78 Å². The van der Waals surface area contributed by atoms with Gasteiger partial charge in [0.1, 0.15) is 0 Å². The predicted octanol–water partition coefficient (Wildman–Crippen LogP) is 4.03. The Morgan fingerprint density at radius 1 is 1.40 bits per heavy atom. The summed E-state index contributed by atoms with van der Waals surface area (Å²) < 4.78 is 6.36. The molecule has 1 aromatic rings. The second-order valence-electron chi connectivity index (χ2n) is 5.02. The fourth-order valence-corrected chi connectivity index (χ4v) is 2.48. The lowest BCUT2D eigenvalue weighted by Crippen LogP contribution is -2.26. The van der Waals surface area contributed by atoms with Gasteiger partial charge in [-0.1, -0.05) is 27.5 Å². The van der Waals surface area contributed by atoms with E-state index in [2.05, 4.69) is 20.8 Å². The van der Waals surface area contributed by atoms with Gasteiger partial charge < -0.3 is 9.64 Å². The molecule has 0 atom stereocenters. The molecule has 0 fully saturated rings. The van der Waals surface area contributed by atoms with Gasteiger partial charge in [-0.3, -0.25) is 4.79 Å². The number of carbonyl (C=O) groups excluding carboxylic acids is 1. The Kier molecular flexibility index (Phi) is 7.74. The van der Waals surface area contributed by atoms with Crippen LogP contribution in [0.3, 0.4) is 0 Å². The molecule has 0 spiro atoms. The first-order chi connectivity index (χ1) is 9.40. The van der Waals surface area contributed by atoms with Gasteiger partial charge >= 0.3 is 0 Å². The highest BCUT2D eigenvalue weighted by Gasteiger charge is 2.11. The SMILES string of the molecule is CC(C)OCCN(C)CCC(=O)c1ccc(Br)cc1Cl. The minimum Gasteiger partial charge on any atom is -0.377 e. The average Bonchev–Trinajstić information content (AvgIpc) is 2.35. The molecule has 0 aliphatic carbocycles. The van der Waals surface area contributed by atoms with Gasteiger partial charge in [-0.05, 0) is 39.1 Å². The zero-order valence-electron chi connectivity index (χ0n) is 12.2. The third-order valence-corrected chi connectivity index (χ3v) is 3.68. The standard InChI is InChI=1S/C15H21BrClNO2/c1-11(2)20-9-8-18(3)7-6-15(19)13-5-4-12(16)10-14(13)17/h4-5,10-11H,6-9H2,1-3H3. The van der Waals surface area contributed by atoms with Crippen LogP contribution in [0.2, 0.25) is 5.02 Å². The van der Waals surface area contributed by atoms with Crippen LogP contribution in [-0.4, -0.2) is 43.5 Å². The van der Waals surface area contributed by atoms with Crippen molar-refractivity contribution in [1.29, 1.82) is 0 Å². The van der Waals surface area contributed by atoms with E-state index in [1.807, 2.05) is 27.0 Å². The molecular weight excluding hydrogens is 342 g/mol. The largest absolute Gasteiger partial charge is 0.377 e. The van der Waals surface area contributed by atoms with Crippen molar-refractivity contribution in [2.75, 3.05) is 26.7 Å². The molecule has 3 nitrogen and oxygen atoms in total. The molecule has 20 heavy (non-hydrogen) atoms. The molecule has 0 aliphatic rings. The molecule has 0 amide bonds. The molecule has 0 aliphatic heterocycles. The van der Waals surface area contributed by atoms with Crippen LogP contribution < -0.4 is 0 Å². The van der Waals surface area contributed by atoms with E-state index in [0.29, 0.717) is 30.2 Å². The van der Waals surface area contributed by atoms with Crippen molar-refractivity contribution >= 4 is 33.3 Å². The summed E-state index contributed by atoms with van der Waals surface area (Å²) in [5, 5.41) is 0.496. The fraction of sp³-hybridized carbons (Fsp3) is 0.533. The Hall–Kier alpha value is -0.420. The van der Waals surface area contributed by atoms with Crippen molar-refractivity contribution < 1.29 is 9.53 Å². The van der Waals surface area contributed by atoms with E-state index >= 15 is 0 Å². The predicted molar refractivity (Wildman–Crippen MR) is 86.7 cm³/mol. The molecule has 112 valence electrons. The molecule has 1 aromatic carbocycles. The monoisotopic (exact) mass is 361 g/mol. The minimum atomic E-state index is 0.0686. The third kappa shape index (κ3) is 6.35. The average molecular weight is 363 g/mol. The van der Waals surface area contributed by atoms with E-state index in [1.165, 1.54) is 0 Å². The summed E-state index contributed by atoms with van der Waals surface area (Å²) in [6, 6.07) is 5.34. The van der Waals surface area contributed by atoms with Crippen molar-refractivity contribution in [3.05, 3.63) is 33.3 Å². The topological polar surface area (TPSA) is 29.5 Å². The van der Waals surface area contributed by atoms with Crippen LogP contribution >= 0.6 is 27.5 Å². The Labute approximate surface area is 134 Å². The Morgan fingerprint density at radius 3 is 2.70 bits per heavy atom. The number of hydrogen-bond acceptors (Lipinski definition) is 3. The molecule has 0 aromatic heterocycles. The minimum absolute atomic E-state index is 0.0686. The van der Waals surface area contributed by atoms with Gasteiger partial charge in [0.25, 0.3) is 0 Å². The highest BCUT2D eigenvalue weighted by Crippen LogP contribution is 2.22. The summed E-state index contributed by atoms with van der Waals surface area (Å²) in [7, 11) is 1.99. The molecule has 0 radical (unpaired) electrons. The van der Waals surface area contributed by atoms with Crippen LogP contribution in [0.25, 0.3) is 0 Å². The van der Waals surface area contributed by atoms with Crippen LogP contribution in [0.5, 0.6) is 0 Å². The summed E-state index contributed by atoms with van der Waals surface area (Å²) in [5.41, 5.74) is 0.585. The molecule has 0 N–H and O–H groups in total. The maximum Gasteiger partial charge on any atom is 0.165 e. The molecule has 0 unspecified atom stereocenters. The number of ketones is 1. The van der Waals surface area contributed by atoms with Gasteiger partial charge in [0, 0.05) is 29.5 Å². The fourth-order valence-electron chi connectivity index (χ4n) is 1.70. The molecule has 0 heterocycles. The lowest BCUT2D eigenvalue weighted by atomic mass is 10.1. The van der Waals surface area contributed by atoms with Crippen molar-refractivity contribution in [2.24, 2.45) is 0 Å². The number of ether oxygens (including phenoxy) is 1. The van der Waals surface area contributed by atoms with Crippen LogP contribution in [0.1, 0.15) is 30.6 Å². The first-order valence-electron chi connectivity index (χ1n) is 6.68. The summed E-state index contributed by atoms with van der Waals surface area (Å²) in [6.07, 6.45) is 0.700. The number of hydrogen-bond donors (Lipinski definition) is 0. The smallest absolute Gasteiger partial charge is 0.165 e. The number of halogens is 2. The Morgan fingerprint density at radius 2 is 2.10 bits per heavy atom. The second kappa shape index (κ2) is 8.78. The van der Waals surface area contributed by atoms with E-state index in [9.17, 15) is 4.79 Å². The van der Waals surface area contributed by atoms with E-state index < -0.39 is 0 Å². The zero-order valence-corrected chi connectivity index (χ0v) is 14.5. The van der Waals surface area contributed by atoms with E-state index in [-0.39, 0.29) is 11.9 Å². The quantitative estimate of drug-likeness (QED) is 0.654. The lowest BCUT2D eigenvalue weighted by molar-refractivity contribution is 0.0629. The molecule has 1 rings (SSSR count). The van der Waals surface area contributed by atoms with Crippen LogP contribution in [0, 0.1) is 0 Å². The third-order valence-electron chi connectivity index (χ3n) is 2.88. The van der Waals surface area contributed by atoms with Gasteiger partial charge in [0.2, 0.25) is 0 Å². The van der Waals surface area contributed by atoms with Gasteiger partial charge in [-0.2, -0.15) is 0 Å². The lowest BCUT2D eigenvalue weighted by Gasteiger charge is -2.17. The van der Waals surface area contributed by atoms with Crippen molar-refractivity contribution in [1.82, 2.24) is 4.90 Å². The summed E-state index contributed by atoms with van der Waals surface area (Å²) in [4.78, 5) is 14.2. The molecular formula is C15H21BrClNO2. The number of rotatable bonds is 8. The van der Waals surface area contributed by atoms with E-state index in [0.717, 1.165) is 11.0 Å². The highest BCUT2D eigenvalue weighted by atomic mass is 79.9. The Balaban J connectivity index is 2.39. The summed E-state index contributed by atoms with van der Waals surface area (Å²) in [5.74, 6) is 0.0686. The number of carbonyl (C=O) groups is 1. The Bertz CT molecular complexity index is 451. The zero-order chi connectivity index (χ0) is 15.1. The van der Waals surface area contributed by atoms with Crippen LogP contribution in [0.4, 0.5) is 0 Å². The van der Waals surface area contributed by atoms with Crippen LogP contribution in [0.15, 0.2) is 22.7 Å². The summed E-state index contributed by atoms with van der Waals surface area (Å²) in [6.45, 7) is 6.23. The molecule has 0 bridgehead atoms. The molecule has 0 saturated heterocycles. The first kappa shape index (κ1) is 17.6. The second-order valence-corrected chi connectivity index (χ2v) is 6.34. The van der Waals surface area contributed by atoms with Crippen molar-refractivity contribution in [2.45, 2.75) is 26.4 Å². The highest BCUT2D eigenvalue weighted by molar-refractivity contribution is 9.10. The maximum absolute atomic E-state index is 12.1. The van der Waals surface area contributed by atoms with Gasteiger partial charge in [-0.25, -0.2) is 0 Å². The van der Waals surface area contributed by atoms with Crippen molar-refractivity contribution in [3.63, 3.8) is 0 Å². The normalized spacial score (nSPS) is 11.3. The number of Topliss-reactive ketones (excluding diaryl/α,β-unsaturated/α-hetero) is 1. The number of nitrogens with zero attached hydrogens (tertiary/aromatic N) is 1. The maximum atomic E-state index is 12.1. The van der Waals surface area contributed by atoms with Gasteiger partial charge in [0.05, 0.1) is 17.7 Å². The van der Waals surface area contributed by atoms with E-state index in [1.54, 1.807) is 12.1 Å². The molecule has 5 heteroatoms. The van der Waals surface area contributed by atoms with Gasteiger partial charge in [-0.15, -0.1) is 0 Å². The molecule has 0 saturated carbocycles.